The lowest BCUT2D eigenvalue weighted by Crippen LogP contribution is -2.14. The number of rotatable bonds is 1. The van der Waals surface area contributed by atoms with Crippen molar-refractivity contribution in [3.8, 4) is 0 Å². The van der Waals surface area contributed by atoms with Gasteiger partial charge in [-0.2, -0.15) is 0 Å². The minimum atomic E-state index is 1.08. The predicted octanol–water partition coefficient (Wildman–Crippen LogP) is 1.35. The van der Waals surface area contributed by atoms with Crippen molar-refractivity contribution in [1.29, 1.82) is 0 Å². The molecule has 9 heavy (non-hydrogen) atoms. The first-order valence-corrected chi connectivity index (χ1v) is 4.05. The Bertz CT molecular complexity index is 107. The summed E-state index contributed by atoms with van der Waals surface area (Å²) in [5.41, 5.74) is 0. The van der Waals surface area contributed by atoms with Gasteiger partial charge < -0.3 is 4.90 Å². The van der Waals surface area contributed by atoms with Gasteiger partial charge in [-0.05, 0) is 44.7 Å². The van der Waals surface area contributed by atoms with Gasteiger partial charge in [0.2, 0.25) is 0 Å². The van der Waals surface area contributed by atoms with Crippen molar-refractivity contribution in [2.75, 3.05) is 20.1 Å². The highest BCUT2D eigenvalue weighted by Crippen LogP contribution is 2.40. The largest absolute Gasteiger partial charge is 0.306 e. The summed E-state index contributed by atoms with van der Waals surface area (Å²) in [5, 5.41) is 0. The van der Waals surface area contributed by atoms with Crippen LogP contribution < -0.4 is 0 Å². The minimum absolute atomic E-state index is 1.08. The third-order valence-electron chi connectivity index (χ3n) is 2.72. The maximum atomic E-state index is 2.46. The number of hydrogen-bond acceptors (Lipinski definition) is 1. The van der Waals surface area contributed by atoms with E-state index < -0.39 is 0 Å². The van der Waals surface area contributed by atoms with Crippen LogP contribution in [0.1, 0.15) is 19.3 Å². The fourth-order valence-electron chi connectivity index (χ4n) is 1.92. The second kappa shape index (κ2) is 1.98. The third kappa shape index (κ3) is 1.11. The summed E-state index contributed by atoms with van der Waals surface area (Å²) in [6, 6.07) is 0. The second-order valence-corrected chi connectivity index (χ2v) is 3.65. The zero-order chi connectivity index (χ0) is 6.27. The Kier molecular flexibility index (Phi) is 1.26. The van der Waals surface area contributed by atoms with Crippen LogP contribution in [0.2, 0.25) is 0 Å². The summed E-state index contributed by atoms with van der Waals surface area (Å²) in [7, 11) is 2.24. The molecule has 2 rings (SSSR count). The maximum Gasteiger partial charge on any atom is 0.000973 e. The fraction of sp³-hybridized carbons (Fsp3) is 1.00. The van der Waals surface area contributed by atoms with Crippen molar-refractivity contribution < 1.29 is 0 Å². The van der Waals surface area contributed by atoms with E-state index in [9.17, 15) is 0 Å². The number of likely N-dealkylation sites (tertiary alicyclic amines) is 1. The van der Waals surface area contributed by atoms with E-state index >= 15 is 0 Å². The molecule has 1 heterocycles. The molecule has 1 unspecified atom stereocenters. The Morgan fingerprint density at radius 2 is 1.89 bits per heavy atom. The molecule has 1 aliphatic carbocycles. The quantitative estimate of drug-likeness (QED) is 0.511. The standard InChI is InChI=1S/C8H15N/c1-9-5-4-8(6-9)7-2-3-7/h7-8H,2-6H2,1H3. The van der Waals surface area contributed by atoms with E-state index in [0.29, 0.717) is 0 Å². The van der Waals surface area contributed by atoms with Crippen LogP contribution in [0.25, 0.3) is 0 Å². The van der Waals surface area contributed by atoms with Gasteiger partial charge in [0.1, 0.15) is 0 Å². The minimum Gasteiger partial charge on any atom is -0.306 e. The topological polar surface area (TPSA) is 3.24 Å². The lowest BCUT2D eigenvalue weighted by atomic mass is 10.0. The van der Waals surface area contributed by atoms with Crippen LogP contribution in [0.4, 0.5) is 0 Å². The van der Waals surface area contributed by atoms with Crippen molar-refractivity contribution in [3.05, 3.63) is 0 Å². The molecule has 0 spiro atoms. The zero-order valence-electron chi connectivity index (χ0n) is 6.14. The molecule has 1 aliphatic heterocycles. The Balaban J connectivity index is 1.86. The molecule has 1 atom stereocenters. The average molecular weight is 125 g/mol. The van der Waals surface area contributed by atoms with E-state index in [-0.39, 0.29) is 0 Å². The zero-order valence-corrected chi connectivity index (χ0v) is 6.14. The van der Waals surface area contributed by atoms with Gasteiger partial charge in [0.05, 0.1) is 0 Å². The van der Waals surface area contributed by atoms with E-state index in [1.807, 2.05) is 0 Å². The van der Waals surface area contributed by atoms with E-state index in [4.69, 9.17) is 0 Å². The maximum absolute atomic E-state index is 2.46. The van der Waals surface area contributed by atoms with Crippen molar-refractivity contribution in [2.24, 2.45) is 11.8 Å². The second-order valence-electron chi connectivity index (χ2n) is 3.65. The van der Waals surface area contributed by atoms with Gasteiger partial charge in [0.25, 0.3) is 0 Å². The smallest absolute Gasteiger partial charge is 0.000973 e. The normalized spacial score (nSPS) is 37.7. The molecule has 1 nitrogen and oxygen atoms in total. The average Bonchev–Trinajstić information content (AvgIpc) is 2.58. The first-order valence-electron chi connectivity index (χ1n) is 4.05. The van der Waals surface area contributed by atoms with E-state index in [2.05, 4.69) is 11.9 Å². The number of hydrogen-bond donors (Lipinski definition) is 0. The van der Waals surface area contributed by atoms with Crippen molar-refractivity contribution >= 4 is 0 Å². The molecule has 2 fully saturated rings. The highest BCUT2D eigenvalue weighted by molar-refractivity contribution is 4.86. The Hall–Kier alpha value is -0.0400. The molecule has 0 N–H and O–H groups in total. The molecule has 1 saturated heterocycles. The van der Waals surface area contributed by atoms with Crippen molar-refractivity contribution in [3.63, 3.8) is 0 Å². The lowest BCUT2D eigenvalue weighted by molar-refractivity contribution is 0.381. The third-order valence-corrected chi connectivity index (χ3v) is 2.72. The van der Waals surface area contributed by atoms with Crippen LogP contribution in [-0.2, 0) is 0 Å². The molecular formula is C8H15N. The summed E-state index contributed by atoms with van der Waals surface area (Å²) in [5.74, 6) is 2.21. The van der Waals surface area contributed by atoms with Gasteiger partial charge in [-0.3, -0.25) is 0 Å². The van der Waals surface area contributed by atoms with Gasteiger partial charge in [-0.15, -0.1) is 0 Å². The molecule has 1 heteroatoms. The van der Waals surface area contributed by atoms with Gasteiger partial charge in [-0.25, -0.2) is 0 Å². The Morgan fingerprint density at radius 1 is 1.11 bits per heavy atom. The van der Waals surface area contributed by atoms with E-state index in [1.54, 1.807) is 0 Å². The fourth-order valence-corrected chi connectivity index (χ4v) is 1.92. The van der Waals surface area contributed by atoms with E-state index in [1.165, 1.54) is 32.4 Å². The number of nitrogens with zero attached hydrogens (tertiary/aromatic N) is 1. The summed E-state index contributed by atoms with van der Waals surface area (Å²) >= 11 is 0. The van der Waals surface area contributed by atoms with Crippen LogP contribution in [0.5, 0.6) is 0 Å². The van der Waals surface area contributed by atoms with E-state index in [0.717, 1.165) is 11.8 Å². The van der Waals surface area contributed by atoms with Crippen LogP contribution in [0, 0.1) is 11.8 Å². The molecular weight excluding hydrogens is 110 g/mol. The van der Waals surface area contributed by atoms with Crippen molar-refractivity contribution in [1.82, 2.24) is 4.90 Å². The molecule has 0 aromatic rings. The first kappa shape index (κ1) is 5.72. The lowest BCUT2D eigenvalue weighted by Gasteiger charge is -2.07. The highest BCUT2D eigenvalue weighted by atomic mass is 15.1. The van der Waals surface area contributed by atoms with Crippen LogP contribution >= 0.6 is 0 Å². The van der Waals surface area contributed by atoms with Gasteiger partial charge in [0.15, 0.2) is 0 Å². The molecule has 0 amide bonds. The van der Waals surface area contributed by atoms with Crippen LogP contribution in [-0.4, -0.2) is 25.0 Å². The summed E-state index contributed by atoms with van der Waals surface area (Å²) in [4.78, 5) is 2.46. The van der Waals surface area contributed by atoms with Crippen LogP contribution in [0.3, 0.4) is 0 Å². The molecule has 52 valence electrons. The molecule has 0 aromatic heterocycles. The summed E-state index contributed by atoms with van der Waals surface area (Å²) < 4.78 is 0. The van der Waals surface area contributed by atoms with Crippen LogP contribution in [0.15, 0.2) is 0 Å². The highest BCUT2D eigenvalue weighted by Gasteiger charge is 2.34. The molecule has 1 saturated carbocycles. The molecule has 2 aliphatic rings. The Labute approximate surface area is 57.0 Å². The first-order chi connectivity index (χ1) is 4.36. The molecule has 0 bridgehead atoms. The monoisotopic (exact) mass is 125 g/mol. The summed E-state index contributed by atoms with van der Waals surface area (Å²) in [6.07, 6.45) is 4.53. The molecule has 0 radical (unpaired) electrons. The van der Waals surface area contributed by atoms with Crippen molar-refractivity contribution in [2.45, 2.75) is 19.3 Å². The van der Waals surface area contributed by atoms with Gasteiger partial charge in [-0.1, -0.05) is 0 Å². The van der Waals surface area contributed by atoms with Gasteiger partial charge >= 0.3 is 0 Å². The predicted molar refractivity (Wildman–Crippen MR) is 38.3 cm³/mol. The summed E-state index contributed by atoms with van der Waals surface area (Å²) in [6.45, 7) is 2.73. The SMILES string of the molecule is CN1CCC(C2CC2)C1. The molecule has 0 aromatic carbocycles. The Morgan fingerprint density at radius 3 is 2.33 bits per heavy atom. The van der Waals surface area contributed by atoms with Gasteiger partial charge in [0, 0.05) is 6.54 Å².